The molecule has 2 heterocycles. The van der Waals surface area contributed by atoms with Crippen molar-refractivity contribution in [1.82, 2.24) is 4.98 Å². The molecule has 14 heavy (non-hydrogen) atoms. The largest absolute Gasteiger partial charge is 0.326 e. The maximum Gasteiger partial charge on any atom is 0.228 e. The first-order valence-corrected chi connectivity index (χ1v) is 4.34. The number of nitrogens with two attached hydrogens (primary N) is 1. The van der Waals surface area contributed by atoms with Crippen LogP contribution in [-0.2, 0) is 4.79 Å². The molecule has 0 bridgehead atoms. The van der Waals surface area contributed by atoms with Crippen molar-refractivity contribution in [2.45, 2.75) is 12.5 Å². The molecular formula is C9H10FN3O. The molecule has 1 aliphatic rings. The highest BCUT2D eigenvalue weighted by Gasteiger charge is 2.27. The first kappa shape index (κ1) is 9.08. The molecule has 0 aliphatic carbocycles. The molecule has 0 saturated carbocycles. The predicted molar refractivity (Wildman–Crippen MR) is 49.1 cm³/mol. The summed E-state index contributed by atoms with van der Waals surface area (Å²) in [6, 6.07) is 2.62. The first-order valence-electron chi connectivity index (χ1n) is 4.34. The number of anilines is 1. The summed E-state index contributed by atoms with van der Waals surface area (Å²) in [7, 11) is 0. The number of amides is 1. The molecule has 1 atom stereocenters. The van der Waals surface area contributed by atoms with Gasteiger partial charge in [0.1, 0.15) is 0 Å². The van der Waals surface area contributed by atoms with E-state index in [2.05, 4.69) is 4.98 Å². The number of carbonyl (C=O) groups excluding carboxylic acids is 1. The molecule has 4 nitrogen and oxygen atoms in total. The topological polar surface area (TPSA) is 59.2 Å². The van der Waals surface area contributed by atoms with Crippen molar-refractivity contribution in [1.29, 1.82) is 0 Å². The summed E-state index contributed by atoms with van der Waals surface area (Å²) < 4.78 is 12.5. The van der Waals surface area contributed by atoms with Crippen molar-refractivity contribution in [3.8, 4) is 0 Å². The molecular weight excluding hydrogens is 185 g/mol. The minimum Gasteiger partial charge on any atom is -0.326 e. The molecule has 1 fully saturated rings. The molecule has 1 aromatic heterocycles. The number of hydrogen-bond donors (Lipinski definition) is 1. The molecule has 1 aliphatic heterocycles. The number of rotatable bonds is 1. The molecule has 0 spiro atoms. The van der Waals surface area contributed by atoms with Crippen LogP contribution in [0.5, 0.6) is 0 Å². The van der Waals surface area contributed by atoms with Crippen LogP contribution in [-0.4, -0.2) is 23.5 Å². The monoisotopic (exact) mass is 195 g/mol. The van der Waals surface area contributed by atoms with E-state index in [9.17, 15) is 9.18 Å². The number of nitrogens with zero attached hydrogens (tertiary/aromatic N) is 2. The fourth-order valence-corrected chi connectivity index (χ4v) is 1.51. The Morgan fingerprint density at radius 3 is 2.86 bits per heavy atom. The molecule has 0 radical (unpaired) electrons. The van der Waals surface area contributed by atoms with Gasteiger partial charge in [-0.2, -0.15) is 4.39 Å². The summed E-state index contributed by atoms with van der Waals surface area (Å²) in [4.78, 5) is 16.4. The van der Waals surface area contributed by atoms with Gasteiger partial charge < -0.3 is 10.6 Å². The van der Waals surface area contributed by atoms with Crippen molar-refractivity contribution < 1.29 is 9.18 Å². The third-order valence-electron chi connectivity index (χ3n) is 2.18. The van der Waals surface area contributed by atoms with E-state index >= 15 is 0 Å². The van der Waals surface area contributed by atoms with Gasteiger partial charge in [0, 0.05) is 19.0 Å². The average Bonchev–Trinajstić information content (AvgIpc) is 2.47. The molecule has 0 aromatic carbocycles. The minimum atomic E-state index is -0.551. The van der Waals surface area contributed by atoms with E-state index in [1.165, 1.54) is 23.2 Å². The van der Waals surface area contributed by atoms with E-state index in [0.29, 0.717) is 18.7 Å². The second-order valence-corrected chi connectivity index (χ2v) is 3.31. The normalized spacial score (nSPS) is 21.7. The Labute approximate surface area is 80.5 Å². The van der Waals surface area contributed by atoms with E-state index in [-0.39, 0.29) is 11.9 Å². The van der Waals surface area contributed by atoms with E-state index in [1.54, 1.807) is 0 Å². The lowest BCUT2D eigenvalue weighted by atomic mass is 10.3. The smallest absolute Gasteiger partial charge is 0.228 e. The molecule has 1 saturated heterocycles. The maximum atomic E-state index is 12.5. The Hall–Kier alpha value is -1.49. The van der Waals surface area contributed by atoms with Gasteiger partial charge in [0.25, 0.3) is 0 Å². The second kappa shape index (κ2) is 3.34. The Balaban J connectivity index is 2.23. The van der Waals surface area contributed by atoms with Crippen molar-refractivity contribution >= 4 is 11.6 Å². The van der Waals surface area contributed by atoms with E-state index in [0.717, 1.165) is 0 Å². The number of carbonyl (C=O) groups is 1. The molecule has 74 valence electrons. The van der Waals surface area contributed by atoms with Gasteiger partial charge in [-0.3, -0.25) is 4.79 Å². The van der Waals surface area contributed by atoms with Crippen LogP contribution in [0.4, 0.5) is 10.1 Å². The fraction of sp³-hybridized carbons (Fsp3) is 0.333. The number of hydrogen-bond acceptors (Lipinski definition) is 3. The zero-order valence-corrected chi connectivity index (χ0v) is 7.48. The van der Waals surface area contributed by atoms with Crippen LogP contribution in [0.15, 0.2) is 18.3 Å². The Kier molecular flexibility index (Phi) is 2.17. The lowest BCUT2D eigenvalue weighted by Crippen LogP contribution is -2.28. The molecule has 1 amide bonds. The fourth-order valence-electron chi connectivity index (χ4n) is 1.51. The number of aromatic nitrogens is 1. The van der Waals surface area contributed by atoms with Crippen LogP contribution in [0.1, 0.15) is 6.42 Å². The summed E-state index contributed by atoms with van der Waals surface area (Å²) in [6.45, 7) is 0.478. The SMILES string of the molecule is NC1CC(=O)N(c2ccc(F)nc2)C1. The van der Waals surface area contributed by atoms with Crippen molar-refractivity contribution in [2.24, 2.45) is 5.73 Å². The van der Waals surface area contributed by atoms with Crippen LogP contribution in [0.3, 0.4) is 0 Å². The van der Waals surface area contributed by atoms with Crippen molar-refractivity contribution in [2.75, 3.05) is 11.4 Å². The highest BCUT2D eigenvalue weighted by atomic mass is 19.1. The molecule has 5 heteroatoms. The Bertz CT molecular complexity index is 352. The molecule has 2 N–H and O–H groups in total. The highest BCUT2D eigenvalue weighted by molar-refractivity contribution is 5.95. The summed E-state index contributed by atoms with van der Waals surface area (Å²) in [5.74, 6) is -0.587. The Morgan fingerprint density at radius 2 is 2.36 bits per heavy atom. The van der Waals surface area contributed by atoms with Crippen molar-refractivity contribution in [3.63, 3.8) is 0 Å². The van der Waals surface area contributed by atoms with Gasteiger partial charge in [0.05, 0.1) is 11.9 Å². The summed E-state index contributed by atoms with van der Waals surface area (Å²) in [5, 5.41) is 0. The van der Waals surface area contributed by atoms with Crippen LogP contribution < -0.4 is 10.6 Å². The first-order chi connectivity index (χ1) is 6.66. The van der Waals surface area contributed by atoms with Gasteiger partial charge in [-0.15, -0.1) is 0 Å². The Morgan fingerprint density at radius 1 is 1.57 bits per heavy atom. The van der Waals surface area contributed by atoms with E-state index < -0.39 is 5.95 Å². The average molecular weight is 195 g/mol. The zero-order chi connectivity index (χ0) is 10.1. The van der Waals surface area contributed by atoms with E-state index in [4.69, 9.17) is 5.73 Å². The highest BCUT2D eigenvalue weighted by Crippen LogP contribution is 2.19. The predicted octanol–water partition coefficient (Wildman–Crippen LogP) is 0.285. The van der Waals surface area contributed by atoms with Crippen LogP contribution in [0.2, 0.25) is 0 Å². The quantitative estimate of drug-likeness (QED) is 0.655. The molecule has 1 aromatic rings. The standard InChI is InChI=1S/C9H10FN3O/c10-8-2-1-7(4-12-8)13-5-6(11)3-9(13)14/h1-2,4,6H,3,5,11H2. The van der Waals surface area contributed by atoms with Crippen LogP contribution >= 0.6 is 0 Å². The summed E-state index contributed by atoms with van der Waals surface area (Å²) in [6.07, 6.45) is 1.68. The van der Waals surface area contributed by atoms with Gasteiger partial charge in [-0.25, -0.2) is 4.98 Å². The van der Waals surface area contributed by atoms with Crippen LogP contribution in [0.25, 0.3) is 0 Å². The van der Waals surface area contributed by atoms with Gasteiger partial charge in [0.15, 0.2) is 0 Å². The summed E-state index contributed by atoms with van der Waals surface area (Å²) >= 11 is 0. The van der Waals surface area contributed by atoms with Gasteiger partial charge >= 0.3 is 0 Å². The van der Waals surface area contributed by atoms with Gasteiger partial charge in [-0.1, -0.05) is 0 Å². The third kappa shape index (κ3) is 1.58. The lowest BCUT2D eigenvalue weighted by Gasteiger charge is -2.14. The minimum absolute atomic E-state index is 0.0362. The third-order valence-corrected chi connectivity index (χ3v) is 2.18. The maximum absolute atomic E-state index is 12.5. The number of pyridine rings is 1. The zero-order valence-electron chi connectivity index (χ0n) is 7.48. The van der Waals surface area contributed by atoms with Gasteiger partial charge in [0.2, 0.25) is 11.9 Å². The molecule has 2 rings (SSSR count). The number of halogens is 1. The second-order valence-electron chi connectivity index (χ2n) is 3.31. The van der Waals surface area contributed by atoms with E-state index in [1.807, 2.05) is 0 Å². The lowest BCUT2D eigenvalue weighted by molar-refractivity contribution is -0.117. The summed E-state index contributed by atoms with van der Waals surface area (Å²) in [5.41, 5.74) is 6.23. The van der Waals surface area contributed by atoms with Gasteiger partial charge in [-0.05, 0) is 12.1 Å². The molecule has 1 unspecified atom stereocenters. The van der Waals surface area contributed by atoms with Crippen LogP contribution in [0, 0.1) is 5.95 Å². The van der Waals surface area contributed by atoms with Crippen molar-refractivity contribution in [3.05, 3.63) is 24.3 Å².